The summed E-state index contributed by atoms with van der Waals surface area (Å²) in [5, 5.41) is 3.55. The van der Waals surface area contributed by atoms with Crippen molar-refractivity contribution in [3.8, 4) is 5.75 Å². The van der Waals surface area contributed by atoms with E-state index in [2.05, 4.69) is 34.4 Å². The van der Waals surface area contributed by atoms with E-state index in [1.165, 1.54) is 24.1 Å². The van der Waals surface area contributed by atoms with Crippen molar-refractivity contribution in [3.05, 3.63) is 48.3 Å². The van der Waals surface area contributed by atoms with E-state index in [1.807, 2.05) is 30.6 Å². The zero-order valence-electron chi connectivity index (χ0n) is 12.5. The molecule has 0 aliphatic heterocycles. The molecular formula is C17H21N3O. The lowest BCUT2D eigenvalue weighted by Gasteiger charge is -2.23. The van der Waals surface area contributed by atoms with Crippen LogP contribution in [0.15, 0.2) is 42.7 Å². The Kier molecular flexibility index (Phi) is 4.06. The van der Waals surface area contributed by atoms with Crippen molar-refractivity contribution < 1.29 is 4.74 Å². The number of aromatic nitrogens is 1. The molecule has 1 saturated carbocycles. The van der Waals surface area contributed by atoms with Crippen LogP contribution in [-0.4, -0.2) is 25.2 Å². The van der Waals surface area contributed by atoms with Crippen LogP contribution in [-0.2, 0) is 6.54 Å². The molecule has 21 heavy (non-hydrogen) atoms. The lowest BCUT2D eigenvalue weighted by Crippen LogP contribution is -2.19. The predicted molar refractivity (Wildman–Crippen MR) is 85.2 cm³/mol. The number of nitrogens with one attached hydrogen (secondary N) is 1. The summed E-state index contributed by atoms with van der Waals surface area (Å²) in [6, 6.07) is 10.8. The zero-order chi connectivity index (χ0) is 14.7. The van der Waals surface area contributed by atoms with Gasteiger partial charge in [0.1, 0.15) is 5.75 Å². The number of rotatable bonds is 6. The number of benzene rings is 1. The van der Waals surface area contributed by atoms with Gasteiger partial charge in [-0.05, 0) is 31.0 Å². The molecule has 0 bridgehead atoms. The average molecular weight is 283 g/mol. The lowest BCUT2D eigenvalue weighted by atomic mass is 10.2. The van der Waals surface area contributed by atoms with Crippen molar-refractivity contribution in [1.82, 2.24) is 10.3 Å². The molecule has 1 heterocycles. The maximum atomic E-state index is 5.31. The normalized spacial score (nSPS) is 14.0. The van der Waals surface area contributed by atoms with Crippen molar-refractivity contribution in [2.24, 2.45) is 0 Å². The first kappa shape index (κ1) is 13.9. The largest absolute Gasteiger partial charge is 0.497 e. The van der Waals surface area contributed by atoms with Crippen LogP contribution in [0.5, 0.6) is 5.75 Å². The summed E-state index contributed by atoms with van der Waals surface area (Å²) in [4.78, 5) is 6.44. The Bertz CT molecular complexity index is 610. The van der Waals surface area contributed by atoms with E-state index in [4.69, 9.17) is 4.74 Å². The van der Waals surface area contributed by atoms with Crippen molar-refractivity contribution >= 4 is 11.4 Å². The quantitative estimate of drug-likeness (QED) is 0.884. The number of methoxy groups -OCH3 is 1. The highest BCUT2D eigenvalue weighted by atomic mass is 16.5. The van der Waals surface area contributed by atoms with Crippen LogP contribution in [0, 0.1) is 0 Å². The zero-order valence-corrected chi connectivity index (χ0v) is 12.5. The Hall–Kier alpha value is -2.07. The smallest absolute Gasteiger partial charge is 0.120 e. The van der Waals surface area contributed by atoms with E-state index in [0.29, 0.717) is 6.04 Å². The molecular weight excluding hydrogens is 262 g/mol. The van der Waals surface area contributed by atoms with Crippen LogP contribution >= 0.6 is 0 Å². The van der Waals surface area contributed by atoms with Crippen LogP contribution in [0.2, 0.25) is 0 Å². The molecule has 1 N–H and O–H groups in total. The van der Waals surface area contributed by atoms with Gasteiger partial charge >= 0.3 is 0 Å². The summed E-state index contributed by atoms with van der Waals surface area (Å²) in [6.45, 7) is 0.863. The summed E-state index contributed by atoms with van der Waals surface area (Å²) >= 11 is 0. The summed E-state index contributed by atoms with van der Waals surface area (Å²) in [5.74, 6) is 0.867. The molecule has 0 saturated heterocycles. The first-order chi connectivity index (χ1) is 10.3. The molecule has 1 aromatic heterocycles. The number of nitrogens with zero attached hydrogens (tertiary/aromatic N) is 2. The van der Waals surface area contributed by atoms with Crippen LogP contribution in [0.3, 0.4) is 0 Å². The van der Waals surface area contributed by atoms with E-state index in [-0.39, 0.29) is 0 Å². The summed E-state index contributed by atoms with van der Waals surface area (Å²) in [6.07, 6.45) is 6.37. The molecule has 0 unspecified atom stereocenters. The fourth-order valence-electron chi connectivity index (χ4n) is 2.38. The standard InChI is InChI=1S/C17H21N3O/c1-20(15-4-3-5-16(10-15)21-2)17-8-9-18-11-13(17)12-19-14-6-7-14/h3-5,8-11,14,19H,6-7,12H2,1-2H3. The SMILES string of the molecule is COc1cccc(N(C)c2ccncc2CNC2CC2)c1. The van der Waals surface area contributed by atoms with Gasteiger partial charge in [-0.25, -0.2) is 0 Å². The van der Waals surface area contributed by atoms with E-state index in [1.54, 1.807) is 7.11 Å². The molecule has 110 valence electrons. The van der Waals surface area contributed by atoms with Gasteiger partial charge < -0.3 is 15.0 Å². The fraction of sp³-hybridized carbons (Fsp3) is 0.353. The van der Waals surface area contributed by atoms with Crippen molar-refractivity contribution in [2.75, 3.05) is 19.1 Å². The van der Waals surface area contributed by atoms with Crippen molar-refractivity contribution in [2.45, 2.75) is 25.4 Å². The molecule has 0 spiro atoms. The Labute approximate surface area is 125 Å². The highest BCUT2D eigenvalue weighted by Crippen LogP contribution is 2.29. The molecule has 1 aromatic carbocycles. The van der Waals surface area contributed by atoms with E-state index in [0.717, 1.165) is 18.0 Å². The number of hydrogen-bond acceptors (Lipinski definition) is 4. The van der Waals surface area contributed by atoms with Gasteiger partial charge in [-0.15, -0.1) is 0 Å². The highest BCUT2D eigenvalue weighted by Gasteiger charge is 2.21. The molecule has 4 nitrogen and oxygen atoms in total. The molecule has 0 amide bonds. The average Bonchev–Trinajstić information content (AvgIpc) is 3.37. The Morgan fingerprint density at radius 1 is 1.33 bits per heavy atom. The minimum atomic E-state index is 0.695. The van der Waals surface area contributed by atoms with Crippen LogP contribution in [0.4, 0.5) is 11.4 Å². The van der Waals surface area contributed by atoms with E-state index >= 15 is 0 Å². The lowest BCUT2D eigenvalue weighted by molar-refractivity contribution is 0.415. The van der Waals surface area contributed by atoms with Crippen LogP contribution < -0.4 is 15.0 Å². The molecule has 0 radical (unpaired) electrons. The van der Waals surface area contributed by atoms with Gasteiger partial charge in [0.25, 0.3) is 0 Å². The maximum absolute atomic E-state index is 5.31. The fourth-order valence-corrected chi connectivity index (χ4v) is 2.38. The Morgan fingerprint density at radius 2 is 2.19 bits per heavy atom. The predicted octanol–water partition coefficient (Wildman–Crippen LogP) is 3.11. The first-order valence-corrected chi connectivity index (χ1v) is 7.32. The van der Waals surface area contributed by atoms with Crippen LogP contribution in [0.1, 0.15) is 18.4 Å². The van der Waals surface area contributed by atoms with Gasteiger partial charge in [0.05, 0.1) is 7.11 Å². The number of ether oxygens (including phenoxy) is 1. The molecule has 3 rings (SSSR count). The Morgan fingerprint density at radius 3 is 2.95 bits per heavy atom. The molecule has 1 fully saturated rings. The van der Waals surface area contributed by atoms with Crippen molar-refractivity contribution in [1.29, 1.82) is 0 Å². The molecule has 1 aliphatic rings. The molecule has 0 atom stereocenters. The van der Waals surface area contributed by atoms with Gasteiger partial charge in [-0.2, -0.15) is 0 Å². The third-order valence-electron chi connectivity index (χ3n) is 3.84. The summed E-state index contributed by atoms with van der Waals surface area (Å²) < 4.78 is 5.31. The number of hydrogen-bond donors (Lipinski definition) is 1. The molecule has 2 aromatic rings. The first-order valence-electron chi connectivity index (χ1n) is 7.32. The van der Waals surface area contributed by atoms with E-state index < -0.39 is 0 Å². The van der Waals surface area contributed by atoms with Gasteiger partial charge in [-0.1, -0.05) is 6.07 Å². The second-order valence-corrected chi connectivity index (χ2v) is 5.42. The summed E-state index contributed by atoms with van der Waals surface area (Å²) in [5.41, 5.74) is 3.49. The van der Waals surface area contributed by atoms with Gasteiger partial charge in [-0.3, -0.25) is 4.98 Å². The second-order valence-electron chi connectivity index (χ2n) is 5.42. The Balaban J connectivity index is 1.83. The number of anilines is 2. The number of pyridine rings is 1. The van der Waals surface area contributed by atoms with Crippen LogP contribution in [0.25, 0.3) is 0 Å². The van der Waals surface area contributed by atoms with Gasteiger partial charge in [0.15, 0.2) is 0 Å². The molecule has 4 heteroatoms. The summed E-state index contributed by atoms with van der Waals surface area (Å²) in [7, 11) is 3.77. The maximum Gasteiger partial charge on any atom is 0.120 e. The van der Waals surface area contributed by atoms with Crippen molar-refractivity contribution in [3.63, 3.8) is 0 Å². The third-order valence-corrected chi connectivity index (χ3v) is 3.84. The monoisotopic (exact) mass is 283 g/mol. The minimum Gasteiger partial charge on any atom is -0.497 e. The molecule has 1 aliphatic carbocycles. The van der Waals surface area contributed by atoms with Gasteiger partial charge in [0, 0.05) is 55.0 Å². The van der Waals surface area contributed by atoms with E-state index in [9.17, 15) is 0 Å². The third kappa shape index (κ3) is 3.34. The van der Waals surface area contributed by atoms with Gasteiger partial charge in [0.2, 0.25) is 0 Å². The highest BCUT2D eigenvalue weighted by molar-refractivity contribution is 5.66. The second kappa shape index (κ2) is 6.14. The topological polar surface area (TPSA) is 37.4 Å². The minimum absolute atomic E-state index is 0.695.